The van der Waals surface area contributed by atoms with Gasteiger partial charge in [0.15, 0.2) is 0 Å². The van der Waals surface area contributed by atoms with Gasteiger partial charge in [0, 0.05) is 23.6 Å². The first kappa shape index (κ1) is 11.5. The van der Waals surface area contributed by atoms with Crippen LogP contribution in [0.25, 0.3) is 0 Å². The Kier molecular flexibility index (Phi) is 3.32. The maximum Gasteiger partial charge on any atom is 0.124 e. The van der Waals surface area contributed by atoms with Crippen LogP contribution in [0.1, 0.15) is 11.4 Å². The molecular formula is C13H17N3O. The van der Waals surface area contributed by atoms with Gasteiger partial charge in [0.05, 0.1) is 6.54 Å². The molecule has 0 spiro atoms. The quantitative estimate of drug-likeness (QED) is 0.820. The van der Waals surface area contributed by atoms with Crippen molar-refractivity contribution in [3.63, 3.8) is 0 Å². The van der Waals surface area contributed by atoms with Gasteiger partial charge in [0.2, 0.25) is 0 Å². The lowest BCUT2D eigenvalue weighted by Gasteiger charge is -2.11. The van der Waals surface area contributed by atoms with Gasteiger partial charge in [-0.25, -0.2) is 4.98 Å². The van der Waals surface area contributed by atoms with Gasteiger partial charge in [-0.1, -0.05) is 6.07 Å². The summed E-state index contributed by atoms with van der Waals surface area (Å²) >= 11 is 0. The number of benzene rings is 1. The molecule has 0 saturated heterocycles. The number of nitrogens with zero attached hydrogens (tertiary/aromatic N) is 2. The summed E-state index contributed by atoms with van der Waals surface area (Å²) in [7, 11) is 0. The molecule has 2 N–H and O–H groups in total. The van der Waals surface area contributed by atoms with Crippen LogP contribution in [0.4, 0.5) is 5.69 Å². The molecule has 1 aromatic heterocycles. The molecule has 17 heavy (non-hydrogen) atoms. The SMILES string of the molecule is Cc1c(N)cccc1OCCn1ccnc1C. The van der Waals surface area contributed by atoms with E-state index >= 15 is 0 Å². The van der Waals surface area contributed by atoms with E-state index in [0.29, 0.717) is 6.61 Å². The number of nitrogen functional groups attached to an aromatic ring is 1. The van der Waals surface area contributed by atoms with Gasteiger partial charge in [-0.05, 0) is 26.0 Å². The van der Waals surface area contributed by atoms with Crippen LogP contribution < -0.4 is 10.5 Å². The number of nitrogens with two attached hydrogens (primary N) is 1. The number of ether oxygens (including phenoxy) is 1. The third-order valence-electron chi connectivity index (χ3n) is 2.84. The lowest BCUT2D eigenvalue weighted by atomic mass is 10.2. The third kappa shape index (κ3) is 2.58. The monoisotopic (exact) mass is 231 g/mol. The Hall–Kier alpha value is -1.97. The topological polar surface area (TPSA) is 53.1 Å². The second kappa shape index (κ2) is 4.91. The average Bonchev–Trinajstić information content (AvgIpc) is 2.71. The lowest BCUT2D eigenvalue weighted by molar-refractivity contribution is 0.295. The van der Waals surface area contributed by atoms with E-state index in [1.807, 2.05) is 38.2 Å². The maximum absolute atomic E-state index is 5.82. The first-order chi connectivity index (χ1) is 8.18. The van der Waals surface area contributed by atoms with E-state index in [2.05, 4.69) is 9.55 Å². The summed E-state index contributed by atoms with van der Waals surface area (Å²) < 4.78 is 7.77. The predicted octanol–water partition coefficient (Wildman–Crippen LogP) is 2.16. The normalized spacial score (nSPS) is 10.5. The number of imidazole rings is 1. The minimum absolute atomic E-state index is 0.613. The highest BCUT2D eigenvalue weighted by molar-refractivity contribution is 5.53. The Bertz CT molecular complexity index is 505. The van der Waals surface area contributed by atoms with E-state index in [4.69, 9.17) is 10.5 Å². The molecule has 0 saturated carbocycles. The molecule has 0 bridgehead atoms. The van der Waals surface area contributed by atoms with Crippen LogP contribution in [0.15, 0.2) is 30.6 Å². The van der Waals surface area contributed by atoms with Crippen molar-refractivity contribution in [2.75, 3.05) is 12.3 Å². The van der Waals surface area contributed by atoms with Gasteiger partial charge in [0.1, 0.15) is 18.2 Å². The molecule has 1 aromatic carbocycles. The molecule has 0 unspecified atom stereocenters. The van der Waals surface area contributed by atoms with Crippen molar-refractivity contribution in [1.82, 2.24) is 9.55 Å². The number of anilines is 1. The molecule has 0 aliphatic rings. The molecule has 90 valence electrons. The minimum atomic E-state index is 0.613. The zero-order valence-corrected chi connectivity index (χ0v) is 10.2. The van der Waals surface area contributed by atoms with Gasteiger partial charge >= 0.3 is 0 Å². The lowest BCUT2D eigenvalue weighted by Crippen LogP contribution is -2.09. The van der Waals surface area contributed by atoms with Crippen molar-refractivity contribution < 1.29 is 4.74 Å². The fourth-order valence-corrected chi connectivity index (χ4v) is 1.68. The van der Waals surface area contributed by atoms with Gasteiger partial charge in [-0.3, -0.25) is 0 Å². The molecule has 4 heteroatoms. The van der Waals surface area contributed by atoms with Crippen molar-refractivity contribution in [2.24, 2.45) is 0 Å². The van der Waals surface area contributed by atoms with Crippen molar-refractivity contribution in [3.05, 3.63) is 42.0 Å². The van der Waals surface area contributed by atoms with Crippen molar-refractivity contribution in [2.45, 2.75) is 20.4 Å². The Balaban J connectivity index is 1.95. The molecule has 2 aromatic rings. The number of hydrogen-bond acceptors (Lipinski definition) is 3. The van der Waals surface area contributed by atoms with E-state index < -0.39 is 0 Å². The fraction of sp³-hybridized carbons (Fsp3) is 0.308. The van der Waals surface area contributed by atoms with Crippen LogP contribution in [0, 0.1) is 13.8 Å². The fourth-order valence-electron chi connectivity index (χ4n) is 1.68. The van der Waals surface area contributed by atoms with Gasteiger partial charge in [-0.15, -0.1) is 0 Å². The Morgan fingerprint density at radius 2 is 2.18 bits per heavy atom. The smallest absolute Gasteiger partial charge is 0.124 e. The minimum Gasteiger partial charge on any atom is -0.491 e. The molecule has 0 atom stereocenters. The standard InChI is InChI=1S/C13H17N3O/c1-10-12(14)4-3-5-13(10)17-9-8-16-7-6-15-11(16)2/h3-7H,8-9,14H2,1-2H3. The number of rotatable bonds is 4. The summed E-state index contributed by atoms with van der Waals surface area (Å²) in [6, 6.07) is 5.72. The summed E-state index contributed by atoms with van der Waals surface area (Å²) in [5.74, 6) is 1.85. The van der Waals surface area contributed by atoms with Crippen molar-refractivity contribution >= 4 is 5.69 Å². The average molecular weight is 231 g/mol. The maximum atomic E-state index is 5.82. The summed E-state index contributed by atoms with van der Waals surface area (Å²) in [6.07, 6.45) is 3.74. The summed E-state index contributed by atoms with van der Waals surface area (Å²) in [5, 5.41) is 0. The first-order valence-electron chi connectivity index (χ1n) is 5.64. The highest BCUT2D eigenvalue weighted by Crippen LogP contribution is 2.22. The second-order valence-corrected chi connectivity index (χ2v) is 3.99. The largest absolute Gasteiger partial charge is 0.491 e. The Morgan fingerprint density at radius 1 is 1.35 bits per heavy atom. The van der Waals surface area contributed by atoms with Crippen LogP contribution in [0.2, 0.25) is 0 Å². The zero-order valence-electron chi connectivity index (χ0n) is 10.2. The highest BCUT2D eigenvalue weighted by Gasteiger charge is 2.02. The molecule has 0 aliphatic heterocycles. The summed E-state index contributed by atoms with van der Waals surface area (Å²) in [6.45, 7) is 5.35. The molecule has 2 rings (SSSR count). The van der Waals surface area contributed by atoms with Gasteiger partial charge in [-0.2, -0.15) is 0 Å². The molecule has 0 radical (unpaired) electrons. The summed E-state index contributed by atoms with van der Waals surface area (Å²) in [5.41, 5.74) is 7.58. The van der Waals surface area contributed by atoms with Gasteiger partial charge < -0.3 is 15.0 Å². The van der Waals surface area contributed by atoms with E-state index in [9.17, 15) is 0 Å². The number of aromatic nitrogens is 2. The third-order valence-corrected chi connectivity index (χ3v) is 2.84. The van der Waals surface area contributed by atoms with E-state index in [1.165, 1.54) is 0 Å². The first-order valence-corrected chi connectivity index (χ1v) is 5.64. The van der Waals surface area contributed by atoms with Crippen LogP contribution in [-0.2, 0) is 6.54 Å². The molecule has 1 heterocycles. The van der Waals surface area contributed by atoms with Crippen molar-refractivity contribution in [1.29, 1.82) is 0 Å². The second-order valence-electron chi connectivity index (χ2n) is 3.99. The van der Waals surface area contributed by atoms with E-state index in [0.717, 1.165) is 29.4 Å². The Labute approximate surface area is 101 Å². The highest BCUT2D eigenvalue weighted by atomic mass is 16.5. The van der Waals surface area contributed by atoms with Crippen LogP contribution in [0.3, 0.4) is 0 Å². The summed E-state index contributed by atoms with van der Waals surface area (Å²) in [4.78, 5) is 4.16. The molecule has 4 nitrogen and oxygen atoms in total. The van der Waals surface area contributed by atoms with Crippen LogP contribution in [0.5, 0.6) is 5.75 Å². The number of aryl methyl sites for hydroxylation is 1. The van der Waals surface area contributed by atoms with Gasteiger partial charge in [0.25, 0.3) is 0 Å². The molecular weight excluding hydrogens is 214 g/mol. The van der Waals surface area contributed by atoms with Crippen molar-refractivity contribution in [3.8, 4) is 5.75 Å². The van der Waals surface area contributed by atoms with E-state index in [-0.39, 0.29) is 0 Å². The van der Waals surface area contributed by atoms with Crippen LogP contribution in [-0.4, -0.2) is 16.2 Å². The predicted molar refractivity (Wildman–Crippen MR) is 68.1 cm³/mol. The van der Waals surface area contributed by atoms with E-state index in [1.54, 1.807) is 6.20 Å². The number of hydrogen-bond donors (Lipinski definition) is 1. The molecule has 0 aliphatic carbocycles. The Morgan fingerprint density at radius 3 is 2.88 bits per heavy atom. The van der Waals surface area contributed by atoms with Crippen LogP contribution >= 0.6 is 0 Å². The molecule has 0 amide bonds. The molecule has 0 fully saturated rings. The zero-order chi connectivity index (χ0) is 12.3.